The summed E-state index contributed by atoms with van der Waals surface area (Å²) in [6.07, 6.45) is 0.910. The number of rotatable bonds is 1. The molecular weight excluding hydrogens is 274 g/mol. The van der Waals surface area contributed by atoms with Gasteiger partial charge < -0.3 is 15.3 Å². The molecule has 3 amide bonds. The number of carbonyl (C=O) groups excluding carboxylic acids is 2. The van der Waals surface area contributed by atoms with E-state index in [9.17, 15) is 19.5 Å². The van der Waals surface area contributed by atoms with E-state index in [0.29, 0.717) is 19.0 Å². The third-order valence-electron chi connectivity index (χ3n) is 4.40. The average Bonchev–Trinajstić information content (AvgIpc) is 2.86. The molecule has 0 radical (unpaired) electrons. The molecule has 7 heteroatoms. The molecule has 2 fully saturated rings. The van der Waals surface area contributed by atoms with Crippen molar-refractivity contribution in [3.8, 4) is 0 Å². The molecule has 0 bridgehead atoms. The van der Waals surface area contributed by atoms with Crippen LogP contribution in [0.25, 0.3) is 0 Å². The van der Waals surface area contributed by atoms with Crippen molar-refractivity contribution in [1.29, 1.82) is 0 Å². The first-order chi connectivity index (χ1) is 9.70. The Morgan fingerprint density at radius 1 is 1.33 bits per heavy atom. The van der Waals surface area contributed by atoms with Crippen LogP contribution < -0.4 is 5.32 Å². The minimum absolute atomic E-state index is 0.0313. The maximum Gasteiger partial charge on any atom is 0.328 e. The first-order valence-corrected chi connectivity index (χ1v) is 7.25. The van der Waals surface area contributed by atoms with Crippen LogP contribution in [-0.4, -0.2) is 65.0 Å². The highest BCUT2D eigenvalue weighted by Crippen LogP contribution is 2.34. The van der Waals surface area contributed by atoms with Crippen LogP contribution in [0.1, 0.15) is 27.2 Å². The molecule has 2 saturated heterocycles. The van der Waals surface area contributed by atoms with E-state index in [1.54, 1.807) is 4.90 Å². The molecule has 2 rings (SSSR count). The molecule has 0 aromatic rings. The van der Waals surface area contributed by atoms with Gasteiger partial charge in [0.25, 0.3) is 0 Å². The summed E-state index contributed by atoms with van der Waals surface area (Å²) in [5.41, 5.74) is 0.112. The van der Waals surface area contributed by atoms with Crippen molar-refractivity contribution < 1.29 is 19.5 Å². The minimum atomic E-state index is -1.09. The van der Waals surface area contributed by atoms with Crippen LogP contribution in [0.4, 0.5) is 4.79 Å². The molecule has 2 atom stereocenters. The van der Waals surface area contributed by atoms with E-state index in [0.717, 1.165) is 6.42 Å². The predicted molar refractivity (Wildman–Crippen MR) is 75.7 cm³/mol. The Labute approximate surface area is 124 Å². The topological polar surface area (TPSA) is 90.0 Å². The van der Waals surface area contributed by atoms with Crippen molar-refractivity contribution in [2.24, 2.45) is 11.3 Å². The first kappa shape index (κ1) is 15.6. The van der Waals surface area contributed by atoms with Crippen LogP contribution in [0.2, 0.25) is 0 Å². The fraction of sp³-hybridized carbons (Fsp3) is 0.786. The van der Waals surface area contributed by atoms with Gasteiger partial charge in [0.15, 0.2) is 0 Å². The van der Waals surface area contributed by atoms with Crippen molar-refractivity contribution in [3.63, 3.8) is 0 Å². The molecule has 21 heavy (non-hydrogen) atoms. The van der Waals surface area contributed by atoms with Gasteiger partial charge in [0, 0.05) is 19.6 Å². The monoisotopic (exact) mass is 297 g/mol. The summed E-state index contributed by atoms with van der Waals surface area (Å²) in [5.74, 6) is -1.01. The Hall–Kier alpha value is -1.79. The quantitative estimate of drug-likeness (QED) is 0.731. The van der Waals surface area contributed by atoms with Gasteiger partial charge >= 0.3 is 12.0 Å². The molecule has 2 heterocycles. The number of carboxylic acids is 1. The maximum absolute atomic E-state index is 12.5. The fourth-order valence-electron chi connectivity index (χ4n) is 2.89. The number of urea groups is 1. The zero-order valence-corrected chi connectivity index (χ0v) is 12.8. The van der Waals surface area contributed by atoms with Crippen LogP contribution in [0.3, 0.4) is 0 Å². The van der Waals surface area contributed by atoms with E-state index in [4.69, 9.17) is 0 Å². The summed E-state index contributed by atoms with van der Waals surface area (Å²) in [6.45, 7) is 7.43. The maximum atomic E-state index is 12.5. The standard InChI is InChI=1S/C14H23N3O4/c1-14(2,3)9-4-5-16(7-9)13(21)17-8-11(18)15-6-10(17)12(19)20/h9-10H,4-8H2,1-3H3,(H,15,18)(H,19,20). The summed E-state index contributed by atoms with van der Waals surface area (Å²) >= 11 is 0. The number of piperazine rings is 1. The van der Waals surface area contributed by atoms with E-state index in [-0.39, 0.29) is 30.4 Å². The molecule has 0 spiro atoms. The number of hydrogen-bond donors (Lipinski definition) is 2. The molecule has 2 N–H and O–H groups in total. The SMILES string of the molecule is CC(C)(C)C1CCN(C(=O)N2CC(=O)NCC2C(=O)O)C1. The number of nitrogens with zero attached hydrogens (tertiary/aromatic N) is 2. The molecule has 2 aliphatic rings. The van der Waals surface area contributed by atoms with Gasteiger partial charge in [-0.05, 0) is 17.8 Å². The van der Waals surface area contributed by atoms with E-state index in [1.165, 1.54) is 4.90 Å². The van der Waals surface area contributed by atoms with Crippen molar-refractivity contribution in [3.05, 3.63) is 0 Å². The molecule has 2 aliphatic heterocycles. The summed E-state index contributed by atoms with van der Waals surface area (Å²) in [4.78, 5) is 38.1. The van der Waals surface area contributed by atoms with Gasteiger partial charge in [0.2, 0.25) is 5.91 Å². The minimum Gasteiger partial charge on any atom is -0.480 e. The summed E-state index contributed by atoms with van der Waals surface area (Å²) in [5, 5.41) is 11.7. The Morgan fingerprint density at radius 2 is 2.00 bits per heavy atom. The van der Waals surface area contributed by atoms with Gasteiger partial charge in [-0.1, -0.05) is 20.8 Å². The summed E-state index contributed by atoms with van der Waals surface area (Å²) in [6, 6.07) is -1.33. The Bertz CT molecular complexity index is 458. The lowest BCUT2D eigenvalue weighted by Gasteiger charge is -2.35. The lowest BCUT2D eigenvalue weighted by molar-refractivity contribution is -0.144. The largest absolute Gasteiger partial charge is 0.480 e. The number of hydrogen-bond acceptors (Lipinski definition) is 3. The van der Waals surface area contributed by atoms with Gasteiger partial charge in [-0.25, -0.2) is 9.59 Å². The molecule has 118 valence electrons. The third kappa shape index (κ3) is 3.28. The highest BCUT2D eigenvalue weighted by molar-refractivity contribution is 5.90. The summed E-state index contributed by atoms with van der Waals surface area (Å²) < 4.78 is 0. The second kappa shape index (κ2) is 5.54. The molecule has 0 aliphatic carbocycles. The zero-order chi connectivity index (χ0) is 15.8. The Morgan fingerprint density at radius 3 is 2.52 bits per heavy atom. The lowest BCUT2D eigenvalue weighted by atomic mass is 9.80. The van der Waals surface area contributed by atoms with Crippen molar-refractivity contribution >= 4 is 17.9 Å². The van der Waals surface area contributed by atoms with Crippen LogP contribution in [-0.2, 0) is 9.59 Å². The van der Waals surface area contributed by atoms with Gasteiger partial charge in [-0.3, -0.25) is 9.69 Å². The normalized spacial score (nSPS) is 26.7. The van der Waals surface area contributed by atoms with Crippen LogP contribution >= 0.6 is 0 Å². The van der Waals surface area contributed by atoms with E-state index >= 15 is 0 Å². The van der Waals surface area contributed by atoms with Crippen LogP contribution in [0.5, 0.6) is 0 Å². The van der Waals surface area contributed by atoms with E-state index in [2.05, 4.69) is 26.1 Å². The number of carbonyl (C=O) groups is 3. The van der Waals surface area contributed by atoms with Crippen molar-refractivity contribution in [2.45, 2.75) is 33.2 Å². The Kier molecular flexibility index (Phi) is 4.11. The number of nitrogens with one attached hydrogen (secondary N) is 1. The molecular formula is C14H23N3O4. The predicted octanol–water partition coefficient (Wildman–Crippen LogP) is 0.359. The number of likely N-dealkylation sites (tertiary alicyclic amines) is 1. The van der Waals surface area contributed by atoms with E-state index in [1.807, 2.05) is 0 Å². The second-order valence-corrected chi connectivity index (χ2v) is 6.87. The van der Waals surface area contributed by atoms with E-state index < -0.39 is 12.0 Å². The van der Waals surface area contributed by atoms with Gasteiger partial charge in [0.1, 0.15) is 12.6 Å². The van der Waals surface area contributed by atoms with Gasteiger partial charge in [0.05, 0.1) is 0 Å². The van der Waals surface area contributed by atoms with Crippen LogP contribution in [0.15, 0.2) is 0 Å². The van der Waals surface area contributed by atoms with Gasteiger partial charge in [-0.15, -0.1) is 0 Å². The average molecular weight is 297 g/mol. The molecule has 7 nitrogen and oxygen atoms in total. The number of amides is 3. The molecule has 0 aromatic carbocycles. The molecule has 2 unspecified atom stereocenters. The highest BCUT2D eigenvalue weighted by Gasteiger charge is 2.40. The molecule has 0 saturated carbocycles. The second-order valence-electron chi connectivity index (χ2n) is 6.87. The van der Waals surface area contributed by atoms with Crippen LogP contribution in [0, 0.1) is 11.3 Å². The first-order valence-electron chi connectivity index (χ1n) is 7.25. The zero-order valence-electron chi connectivity index (χ0n) is 12.8. The number of carboxylic acid groups (broad SMARTS) is 1. The van der Waals surface area contributed by atoms with Crippen molar-refractivity contribution in [2.75, 3.05) is 26.2 Å². The summed E-state index contributed by atoms with van der Waals surface area (Å²) in [7, 11) is 0. The fourth-order valence-corrected chi connectivity index (χ4v) is 2.89. The molecule has 0 aromatic heterocycles. The number of aliphatic carboxylic acids is 1. The van der Waals surface area contributed by atoms with Gasteiger partial charge in [-0.2, -0.15) is 0 Å². The lowest BCUT2D eigenvalue weighted by Crippen LogP contribution is -2.61. The highest BCUT2D eigenvalue weighted by atomic mass is 16.4. The third-order valence-corrected chi connectivity index (χ3v) is 4.40. The Balaban J connectivity index is 2.08. The van der Waals surface area contributed by atoms with Crippen molar-refractivity contribution in [1.82, 2.24) is 15.1 Å². The smallest absolute Gasteiger partial charge is 0.328 e.